The molecule has 0 aliphatic heterocycles. The highest BCUT2D eigenvalue weighted by molar-refractivity contribution is 7.21. The number of hydrogen-bond acceptors (Lipinski definition) is 7. The molecule has 0 spiro atoms. The Morgan fingerprint density at radius 2 is 2.07 bits per heavy atom. The summed E-state index contributed by atoms with van der Waals surface area (Å²) in [7, 11) is 0. The number of hydrogen-bond donors (Lipinski definition) is 2. The first-order valence-electron chi connectivity index (χ1n) is 9.12. The predicted octanol–water partition coefficient (Wildman–Crippen LogP) is 4.61. The first kappa shape index (κ1) is 17.8. The number of carbonyl (C=O) groups is 1. The van der Waals surface area contributed by atoms with Crippen LogP contribution in [-0.2, 0) is 12.8 Å². The molecule has 0 unspecified atom stereocenters. The molecule has 4 aromatic heterocycles. The quantitative estimate of drug-likeness (QED) is 0.506. The van der Waals surface area contributed by atoms with E-state index < -0.39 is 0 Å². The molecule has 4 heterocycles. The highest BCUT2D eigenvalue weighted by atomic mass is 32.1. The first-order valence-corrected chi connectivity index (χ1v) is 10.8. The molecule has 0 saturated carbocycles. The molecular weight excluding hydrogens is 402 g/mol. The van der Waals surface area contributed by atoms with Crippen LogP contribution >= 0.6 is 22.7 Å². The number of carbonyl (C=O) groups excluding carboxylic acids is 1. The molecule has 29 heavy (non-hydrogen) atoms. The van der Waals surface area contributed by atoms with Crippen LogP contribution in [0.1, 0.15) is 32.1 Å². The smallest absolute Gasteiger partial charge is 0.268 e. The number of nitriles is 1. The molecule has 0 atom stereocenters. The fraction of sp³-hybridized carbons (Fsp3) is 0.143. The minimum absolute atomic E-state index is 0.304. The number of anilines is 2. The fourth-order valence-corrected chi connectivity index (χ4v) is 5.82. The van der Waals surface area contributed by atoms with E-state index in [1.807, 2.05) is 30.3 Å². The van der Waals surface area contributed by atoms with Gasteiger partial charge in [0.1, 0.15) is 20.8 Å². The van der Waals surface area contributed by atoms with Crippen molar-refractivity contribution in [3.05, 3.63) is 57.4 Å². The third kappa shape index (κ3) is 2.95. The average Bonchev–Trinajstić information content (AvgIpc) is 3.41. The van der Waals surface area contributed by atoms with Gasteiger partial charge < -0.3 is 11.1 Å². The average molecular weight is 418 g/mol. The predicted molar refractivity (Wildman–Crippen MR) is 116 cm³/mol. The SMILES string of the molecule is N#Cc1c(NC(=O)c2sc3nc(-c4ccccn4)ccc3c2N)sc2c1CCC2. The van der Waals surface area contributed by atoms with Crippen molar-refractivity contribution in [3.63, 3.8) is 0 Å². The Hall–Kier alpha value is -3.28. The zero-order valence-corrected chi connectivity index (χ0v) is 16.9. The second-order valence-corrected chi connectivity index (χ2v) is 8.84. The molecular formula is C21H15N5OS2. The Balaban J connectivity index is 1.50. The Labute approximate surface area is 174 Å². The highest BCUT2D eigenvalue weighted by Crippen LogP contribution is 2.40. The van der Waals surface area contributed by atoms with E-state index in [1.165, 1.54) is 27.6 Å². The number of nitrogens with two attached hydrogens (primary N) is 1. The van der Waals surface area contributed by atoms with Gasteiger partial charge in [0.25, 0.3) is 5.91 Å². The van der Waals surface area contributed by atoms with Crippen molar-refractivity contribution in [2.45, 2.75) is 19.3 Å². The van der Waals surface area contributed by atoms with Crippen LogP contribution < -0.4 is 11.1 Å². The molecule has 142 valence electrons. The zero-order valence-electron chi connectivity index (χ0n) is 15.2. The lowest BCUT2D eigenvalue weighted by Gasteiger charge is -2.03. The number of nitrogens with one attached hydrogen (secondary N) is 1. The van der Waals surface area contributed by atoms with E-state index in [0.29, 0.717) is 26.0 Å². The molecule has 5 rings (SSSR count). The van der Waals surface area contributed by atoms with E-state index in [9.17, 15) is 10.1 Å². The van der Waals surface area contributed by atoms with Crippen molar-refractivity contribution >= 4 is 49.5 Å². The summed E-state index contributed by atoms with van der Waals surface area (Å²) in [6.07, 6.45) is 4.65. The minimum atomic E-state index is -0.304. The van der Waals surface area contributed by atoms with Gasteiger partial charge in [-0.25, -0.2) is 4.98 Å². The van der Waals surface area contributed by atoms with Crippen molar-refractivity contribution < 1.29 is 4.79 Å². The Kier molecular flexibility index (Phi) is 4.27. The number of nitrogens with zero attached hydrogens (tertiary/aromatic N) is 3. The first-order chi connectivity index (χ1) is 14.2. The molecule has 6 nitrogen and oxygen atoms in total. The van der Waals surface area contributed by atoms with Gasteiger partial charge in [-0.3, -0.25) is 9.78 Å². The second kappa shape index (κ2) is 6.95. The van der Waals surface area contributed by atoms with Crippen molar-refractivity contribution in [3.8, 4) is 17.5 Å². The van der Waals surface area contributed by atoms with Crippen LogP contribution in [0.3, 0.4) is 0 Å². The molecule has 3 N–H and O–H groups in total. The lowest BCUT2D eigenvalue weighted by Crippen LogP contribution is -2.12. The summed E-state index contributed by atoms with van der Waals surface area (Å²) >= 11 is 2.74. The standard InChI is InChI=1S/C21H15N5OS2/c22-10-13-11-4-3-6-16(11)28-21(13)26-19(27)18-17(23)12-7-8-15(25-20(12)29-18)14-5-1-2-9-24-14/h1-2,5,7-9H,3-4,6,23H2,(H,26,27). The molecule has 0 bridgehead atoms. The summed E-state index contributed by atoms with van der Waals surface area (Å²) in [5.74, 6) is -0.304. The Bertz CT molecular complexity index is 1300. The highest BCUT2D eigenvalue weighted by Gasteiger charge is 2.25. The summed E-state index contributed by atoms with van der Waals surface area (Å²) in [5.41, 5.74) is 9.83. The van der Waals surface area contributed by atoms with Crippen molar-refractivity contribution in [2.75, 3.05) is 11.1 Å². The van der Waals surface area contributed by atoms with Crippen molar-refractivity contribution in [1.82, 2.24) is 9.97 Å². The summed E-state index contributed by atoms with van der Waals surface area (Å²) in [6.45, 7) is 0. The molecule has 4 aromatic rings. The summed E-state index contributed by atoms with van der Waals surface area (Å²) < 4.78 is 0. The van der Waals surface area contributed by atoms with E-state index in [1.54, 1.807) is 6.20 Å². The molecule has 1 aliphatic carbocycles. The number of nitrogen functional groups attached to an aromatic ring is 1. The van der Waals surface area contributed by atoms with Gasteiger partial charge in [-0.05, 0) is 49.1 Å². The number of aryl methyl sites for hydroxylation is 1. The molecule has 1 aliphatic rings. The molecule has 0 fully saturated rings. The van der Waals surface area contributed by atoms with Crippen LogP contribution in [0.15, 0.2) is 36.5 Å². The van der Waals surface area contributed by atoms with Gasteiger partial charge in [-0.15, -0.1) is 22.7 Å². The van der Waals surface area contributed by atoms with E-state index >= 15 is 0 Å². The fourth-order valence-electron chi connectivity index (χ4n) is 3.59. The maximum absolute atomic E-state index is 12.9. The largest absolute Gasteiger partial charge is 0.397 e. The number of amides is 1. The molecule has 1 amide bonds. The van der Waals surface area contributed by atoms with Crippen LogP contribution in [0.25, 0.3) is 21.6 Å². The Morgan fingerprint density at radius 1 is 1.17 bits per heavy atom. The van der Waals surface area contributed by atoms with Gasteiger partial charge in [0.05, 0.1) is 22.6 Å². The van der Waals surface area contributed by atoms with Crippen LogP contribution in [0, 0.1) is 11.3 Å². The maximum atomic E-state index is 12.9. The normalized spacial score (nSPS) is 12.7. The van der Waals surface area contributed by atoms with Gasteiger partial charge >= 0.3 is 0 Å². The van der Waals surface area contributed by atoms with Gasteiger partial charge in [0, 0.05) is 16.5 Å². The van der Waals surface area contributed by atoms with E-state index in [0.717, 1.165) is 41.6 Å². The van der Waals surface area contributed by atoms with Crippen LogP contribution in [0.4, 0.5) is 10.7 Å². The number of aromatic nitrogens is 2. The monoisotopic (exact) mass is 417 g/mol. The van der Waals surface area contributed by atoms with Crippen LogP contribution in [0.5, 0.6) is 0 Å². The van der Waals surface area contributed by atoms with Gasteiger partial charge in [-0.1, -0.05) is 6.07 Å². The maximum Gasteiger partial charge on any atom is 0.268 e. The summed E-state index contributed by atoms with van der Waals surface area (Å²) in [5, 5.41) is 13.8. The molecule has 0 aromatic carbocycles. The lowest BCUT2D eigenvalue weighted by atomic mass is 10.1. The molecule has 0 radical (unpaired) electrons. The summed E-state index contributed by atoms with van der Waals surface area (Å²) in [6, 6.07) is 11.6. The number of rotatable bonds is 3. The topological polar surface area (TPSA) is 105 Å². The number of thiophene rings is 2. The summed E-state index contributed by atoms with van der Waals surface area (Å²) in [4.78, 5) is 24.2. The number of pyridine rings is 2. The zero-order chi connectivity index (χ0) is 20.0. The van der Waals surface area contributed by atoms with E-state index in [-0.39, 0.29) is 5.91 Å². The Morgan fingerprint density at radius 3 is 2.86 bits per heavy atom. The third-order valence-electron chi connectivity index (χ3n) is 4.99. The van der Waals surface area contributed by atoms with Gasteiger partial charge in [0.2, 0.25) is 0 Å². The second-order valence-electron chi connectivity index (χ2n) is 6.74. The molecule has 0 saturated heterocycles. The van der Waals surface area contributed by atoms with E-state index in [4.69, 9.17) is 5.73 Å². The number of fused-ring (bicyclic) bond motifs is 2. The van der Waals surface area contributed by atoms with Crippen LogP contribution in [-0.4, -0.2) is 15.9 Å². The van der Waals surface area contributed by atoms with Crippen molar-refractivity contribution in [1.29, 1.82) is 5.26 Å². The minimum Gasteiger partial charge on any atom is -0.397 e. The van der Waals surface area contributed by atoms with Gasteiger partial charge in [0.15, 0.2) is 0 Å². The van der Waals surface area contributed by atoms with E-state index in [2.05, 4.69) is 21.4 Å². The lowest BCUT2D eigenvalue weighted by molar-refractivity contribution is 0.103. The molecule has 8 heteroatoms. The van der Waals surface area contributed by atoms with Gasteiger partial charge in [-0.2, -0.15) is 5.26 Å². The van der Waals surface area contributed by atoms with Crippen LogP contribution in [0.2, 0.25) is 0 Å². The third-order valence-corrected chi connectivity index (χ3v) is 7.31. The van der Waals surface area contributed by atoms with Crippen molar-refractivity contribution in [2.24, 2.45) is 0 Å².